The van der Waals surface area contributed by atoms with E-state index in [0.29, 0.717) is 5.56 Å². The molecule has 18 heavy (non-hydrogen) atoms. The van der Waals surface area contributed by atoms with Crippen molar-refractivity contribution in [2.75, 3.05) is 0 Å². The highest BCUT2D eigenvalue weighted by Crippen LogP contribution is 2.21. The molecule has 1 aliphatic carbocycles. The molecule has 0 bridgehead atoms. The molecule has 98 valence electrons. The lowest BCUT2D eigenvalue weighted by atomic mass is 9.98. The van der Waals surface area contributed by atoms with E-state index in [2.05, 4.69) is 0 Å². The predicted molar refractivity (Wildman–Crippen MR) is 69.3 cm³/mol. The van der Waals surface area contributed by atoms with Gasteiger partial charge < -0.3 is 0 Å². The summed E-state index contributed by atoms with van der Waals surface area (Å²) in [4.78, 5) is 22.1. The topological polar surface area (TPSA) is 35.5 Å². The SMILES string of the molecule is Cc1ccc(C)c(C(=O)OOC2CCCCC2)c1. The van der Waals surface area contributed by atoms with Gasteiger partial charge in [0.1, 0.15) is 6.10 Å². The smallest absolute Gasteiger partial charge is 0.293 e. The number of hydrogen-bond donors (Lipinski definition) is 0. The molecule has 0 aromatic heterocycles. The molecule has 0 N–H and O–H groups in total. The Kier molecular flexibility index (Phi) is 4.37. The van der Waals surface area contributed by atoms with Gasteiger partial charge >= 0.3 is 5.97 Å². The molecule has 3 heteroatoms. The van der Waals surface area contributed by atoms with Crippen molar-refractivity contribution < 1.29 is 14.6 Å². The summed E-state index contributed by atoms with van der Waals surface area (Å²) in [7, 11) is 0. The average Bonchev–Trinajstić information content (AvgIpc) is 2.40. The number of benzene rings is 1. The van der Waals surface area contributed by atoms with Gasteiger partial charge in [0.15, 0.2) is 0 Å². The van der Waals surface area contributed by atoms with Crippen molar-refractivity contribution in [2.24, 2.45) is 0 Å². The third-order valence-electron chi connectivity index (χ3n) is 3.43. The first-order valence-electron chi connectivity index (χ1n) is 6.62. The first-order valence-corrected chi connectivity index (χ1v) is 6.62. The van der Waals surface area contributed by atoms with Crippen molar-refractivity contribution in [3.8, 4) is 0 Å². The van der Waals surface area contributed by atoms with Gasteiger partial charge in [-0.3, -0.25) is 4.89 Å². The van der Waals surface area contributed by atoms with Crippen LogP contribution in [0.2, 0.25) is 0 Å². The lowest BCUT2D eigenvalue weighted by molar-refractivity contribution is -0.279. The maximum Gasteiger partial charge on any atom is 0.373 e. The van der Waals surface area contributed by atoms with Gasteiger partial charge in [0, 0.05) is 0 Å². The number of hydrogen-bond acceptors (Lipinski definition) is 3. The van der Waals surface area contributed by atoms with Crippen LogP contribution >= 0.6 is 0 Å². The van der Waals surface area contributed by atoms with E-state index in [1.165, 1.54) is 6.42 Å². The molecule has 1 saturated carbocycles. The molecule has 0 aliphatic heterocycles. The van der Waals surface area contributed by atoms with Crippen LogP contribution in [0.4, 0.5) is 0 Å². The monoisotopic (exact) mass is 248 g/mol. The van der Waals surface area contributed by atoms with E-state index in [-0.39, 0.29) is 12.1 Å². The molecule has 1 fully saturated rings. The van der Waals surface area contributed by atoms with Gasteiger partial charge in [-0.05, 0) is 38.3 Å². The molecule has 3 nitrogen and oxygen atoms in total. The predicted octanol–water partition coefficient (Wildman–Crippen LogP) is 3.72. The van der Waals surface area contributed by atoms with Gasteiger partial charge in [0.2, 0.25) is 0 Å². The first kappa shape index (κ1) is 13.1. The highest BCUT2D eigenvalue weighted by Gasteiger charge is 2.18. The van der Waals surface area contributed by atoms with Crippen LogP contribution in [0.5, 0.6) is 0 Å². The van der Waals surface area contributed by atoms with E-state index in [1.807, 2.05) is 32.0 Å². The third kappa shape index (κ3) is 3.33. The van der Waals surface area contributed by atoms with Crippen LogP contribution in [-0.4, -0.2) is 12.1 Å². The van der Waals surface area contributed by atoms with E-state index in [4.69, 9.17) is 9.78 Å². The van der Waals surface area contributed by atoms with Crippen LogP contribution in [0.3, 0.4) is 0 Å². The second kappa shape index (κ2) is 6.01. The van der Waals surface area contributed by atoms with E-state index < -0.39 is 0 Å². The van der Waals surface area contributed by atoms with Crippen molar-refractivity contribution in [2.45, 2.75) is 52.1 Å². The van der Waals surface area contributed by atoms with Crippen LogP contribution in [0, 0.1) is 13.8 Å². The second-order valence-electron chi connectivity index (χ2n) is 5.05. The molecule has 0 saturated heterocycles. The number of carbonyl (C=O) groups is 1. The van der Waals surface area contributed by atoms with Crippen molar-refractivity contribution in [3.05, 3.63) is 34.9 Å². The summed E-state index contributed by atoms with van der Waals surface area (Å²) in [6.07, 6.45) is 5.62. The fourth-order valence-corrected chi connectivity index (χ4v) is 2.27. The van der Waals surface area contributed by atoms with Crippen LogP contribution in [0.25, 0.3) is 0 Å². The van der Waals surface area contributed by atoms with Crippen LogP contribution < -0.4 is 0 Å². The fourth-order valence-electron chi connectivity index (χ4n) is 2.27. The minimum Gasteiger partial charge on any atom is -0.293 e. The standard InChI is InChI=1S/C15H20O3/c1-11-8-9-12(2)14(10-11)15(16)18-17-13-6-4-3-5-7-13/h8-10,13H,3-7H2,1-2H3. The van der Waals surface area contributed by atoms with E-state index >= 15 is 0 Å². The molecular weight excluding hydrogens is 228 g/mol. The van der Waals surface area contributed by atoms with Gasteiger partial charge in [-0.15, -0.1) is 0 Å². The van der Waals surface area contributed by atoms with Gasteiger partial charge in [-0.2, -0.15) is 4.89 Å². The lowest BCUT2D eigenvalue weighted by Crippen LogP contribution is -2.19. The third-order valence-corrected chi connectivity index (χ3v) is 3.43. The van der Waals surface area contributed by atoms with E-state index in [0.717, 1.165) is 36.8 Å². The average molecular weight is 248 g/mol. The molecule has 0 atom stereocenters. The Bertz CT molecular complexity index is 420. The molecule has 0 amide bonds. The largest absolute Gasteiger partial charge is 0.373 e. The Morgan fingerprint density at radius 1 is 1.17 bits per heavy atom. The summed E-state index contributed by atoms with van der Waals surface area (Å²) in [5.41, 5.74) is 2.55. The Morgan fingerprint density at radius 3 is 2.61 bits per heavy atom. The maximum atomic E-state index is 11.9. The summed E-state index contributed by atoms with van der Waals surface area (Å²) < 4.78 is 0. The zero-order chi connectivity index (χ0) is 13.0. The van der Waals surface area contributed by atoms with Crippen molar-refractivity contribution in [3.63, 3.8) is 0 Å². The Hall–Kier alpha value is -1.35. The summed E-state index contributed by atoms with van der Waals surface area (Å²) in [5, 5.41) is 0. The summed E-state index contributed by atoms with van der Waals surface area (Å²) in [6.45, 7) is 3.86. The Morgan fingerprint density at radius 2 is 1.89 bits per heavy atom. The minimum atomic E-state index is -0.387. The van der Waals surface area contributed by atoms with E-state index in [1.54, 1.807) is 0 Å². The Labute approximate surface area is 108 Å². The van der Waals surface area contributed by atoms with Crippen molar-refractivity contribution in [1.82, 2.24) is 0 Å². The van der Waals surface area contributed by atoms with E-state index in [9.17, 15) is 4.79 Å². The molecule has 1 aliphatic rings. The van der Waals surface area contributed by atoms with Crippen LogP contribution in [0.1, 0.15) is 53.6 Å². The molecule has 0 spiro atoms. The highest BCUT2D eigenvalue weighted by atomic mass is 17.2. The summed E-state index contributed by atoms with van der Waals surface area (Å²) >= 11 is 0. The first-order chi connectivity index (χ1) is 8.66. The minimum absolute atomic E-state index is 0.0767. The quantitative estimate of drug-likeness (QED) is 0.604. The van der Waals surface area contributed by atoms with Gasteiger partial charge in [0.05, 0.1) is 5.56 Å². The fraction of sp³-hybridized carbons (Fsp3) is 0.533. The van der Waals surface area contributed by atoms with Gasteiger partial charge in [-0.25, -0.2) is 4.79 Å². The van der Waals surface area contributed by atoms with Crippen LogP contribution in [0.15, 0.2) is 18.2 Å². The van der Waals surface area contributed by atoms with Gasteiger partial charge in [-0.1, -0.05) is 37.0 Å². The molecule has 1 aromatic rings. The number of carbonyl (C=O) groups excluding carboxylic acids is 1. The summed E-state index contributed by atoms with van der Waals surface area (Å²) in [6, 6.07) is 5.74. The normalized spacial score (nSPS) is 16.6. The van der Waals surface area contributed by atoms with Gasteiger partial charge in [0.25, 0.3) is 0 Å². The van der Waals surface area contributed by atoms with Crippen molar-refractivity contribution >= 4 is 5.97 Å². The lowest BCUT2D eigenvalue weighted by Gasteiger charge is -2.20. The Balaban J connectivity index is 1.92. The zero-order valence-corrected chi connectivity index (χ0v) is 11.1. The molecule has 0 heterocycles. The second-order valence-corrected chi connectivity index (χ2v) is 5.05. The number of rotatable bonds is 3. The number of aryl methyl sites for hydroxylation is 2. The molecular formula is C15H20O3. The zero-order valence-electron chi connectivity index (χ0n) is 11.1. The summed E-state index contributed by atoms with van der Waals surface area (Å²) in [5.74, 6) is -0.387. The molecule has 1 aromatic carbocycles. The highest BCUT2D eigenvalue weighted by molar-refractivity contribution is 5.90. The van der Waals surface area contributed by atoms with Crippen LogP contribution in [-0.2, 0) is 9.78 Å². The van der Waals surface area contributed by atoms with Crippen molar-refractivity contribution in [1.29, 1.82) is 0 Å². The molecule has 0 radical (unpaired) electrons. The maximum absolute atomic E-state index is 11.9. The molecule has 0 unspecified atom stereocenters. The molecule has 2 rings (SSSR count).